The second-order valence-corrected chi connectivity index (χ2v) is 12.6. The van der Waals surface area contributed by atoms with Gasteiger partial charge in [-0.1, -0.05) is 115 Å². The quantitative estimate of drug-likeness (QED) is 0.183. The van der Waals surface area contributed by atoms with E-state index in [0.717, 1.165) is 30.6 Å². The van der Waals surface area contributed by atoms with Gasteiger partial charge in [0, 0.05) is 27.8 Å². The van der Waals surface area contributed by atoms with Crippen LogP contribution in [0.4, 0.5) is 0 Å². The summed E-state index contributed by atoms with van der Waals surface area (Å²) in [5.41, 5.74) is 7.46. The molecule has 4 atom stereocenters. The largest absolute Gasteiger partial charge is 0.456 e. The van der Waals surface area contributed by atoms with Crippen LogP contribution in [0, 0.1) is 5.92 Å². The molecule has 4 unspecified atom stereocenters. The van der Waals surface area contributed by atoms with E-state index < -0.39 is 0 Å². The zero-order chi connectivity index (χ0) is 29.7. The fourth-order valence-electron chi connectivity index (χ4n) is 7.63. The lowest BCUT2D eigenvalue weighted by Gasteiger charge is -2.39. The van der Waals surface area contributed by atoms with Crippen molar-refractivity contribution in [2.75, 3.05) is 0 Å². The molecule has 2 aliphatic carbocycles. The number of nitrogens with one attached hydrogen (secondary N) is 2. The number of aryl methyl sites for hydroxylation is 1. The van der Waals surface area contributed by atoms with Crippen LogP contribution in [0.15, 0.2) is 132 Å². The zero-order valence-corrected chi connectivity index (χ0v) is 25.1. The second kappa shape index (κ2) is 11.0. The molecule has 0 bridgehead atoms. The molecule has 0 amide bonds. The Morgan fingerprint density at radius 1 is 0.733 bits per heavy atom. The molecular formula is C41H36N3O+. The number of benzene rings is 5. The van der Waals surface area contributed by atoms with Gasteiger partial charge in [0.1, 0.15) is 17.5 Å². The van der Waals surface area contributed by atoms with Crippen molar-refractivity contribution in [3.05, 3.63) is 155 Å². The minimum absolute atomic E-state index is 0.00170. The first kappa shape index (κ1) is 26.6. The first-order chi connectivity index (χ1) is 22.3. The average Bonchev–Trinajstić information content (AvgIpc) is 3.51. The Bertz CT molecular complexity index is 2140. The van der Waals surface area contributed by atoms with Crippen LogP contribution in [0.25, 0.3) is 44.2 Å². The normalized spacial score (nSPS) is 23.0. The summed E-state index contributed by atoms with van der Waals surface area (Å²) in [5.74, 6) is 1.39. The molecule has 220 valence electrons. The molecule has 45 heavy (non-hydrogen) atoms. The average molecular weight is 587 g/mol. The van der Waals surface area contributed by atoms with Crippen LogP contribution >= 0.6 is 0 Å². The second-order valence-electron chi connectivity index (χ2n) is 12.6. The molecule has 1 fully saturated rings. The van der Waals surface area contributed by atoms with Crippen LogP contribution in [-0.4, -0.2) is 6.17 Å². The molecule has 0 radical (unpaired) electrons. The first-order valence-electron chi connectivity index (χ1n) is 16.2. The maximum Gasteiger partial charge on any atom is 0.168 e. The van der Waals surface area contributed by atoms with Gasteiger partial charge in [-0.3, -0.25) is 0 Å². The summed E-state index contributed by atoms with van der Waals surface area (Å²) in [6.45, 7) is 0. The maximum atomic E-state index is 6.35. The highest BCUT2D eigenvalue weighted by Crippen LogP contribution is 2.40. The number of allylic oxidation sites excluding steroid dienone is 4. The van der Waals surface area contributed by atoms with Crippen LogP contribution in [0.2, 0.25) is 0 Å². The van der Waals surface area contributed by atoms with E-state index in [0.29, 0.717) is 5.92 Å². The topological polar surface area (TPSA) is 53.8 Å². The van der Waals surface area contributed by atoms with Gasteiger partial charge in [0.15, 0.2) is 6.17 Å². The van der Waals surface area contributed by atoms with Crippen molar-refractivity contribution in [1.82, 2.24) is 10.6 Å². The Kier molecular flexibility index (Phi) is 6.52. The minimum atomic E-state index is -0.00170. The van der Waals surface area contributed by atoms with Crippen LogP contribution < -0.4 is 16.0 Å². The summed E-state index contributed by atoms with van der Waals surface area (Å²) in [5, 5.41) is 16.8. The molecule has 1 aliphatic heterocycles. The molecule has 1 aromatic heterocycles. The summed E-state index contributed by atoms with van der Waals surface area (Å²) >= 11 is 0. The van der Waals surface area contributed by atoms with Crippen molar-refractivity contribution in [2.24, 2.45) is 5.92 Å². The fraction of sp³-hybridized carbons (Fsp3) is 0.171. The number of hydrogen-bond acceptors (Lipinski definition) is 3. The number of rotatable bonds is 4. The van der Waals surface area contributed by atoms with Crippen molar-refractivity contribution in [3.8, 4) is 0 Å². The summed E-state index contributed by atoms with van der Waals surface area (Å²) in [6, 6.07) is 37.4. The van der Waals surface area contributed by atoms with Gasteiger partial charge in [0.05, 0.1) is 6.17 Å². The third kappa shape index (κ3) is 4.74. The Labute approximate surface area is 263 Å². The molecule has 3 aliphatic rings. The Hall–Kier alpha value is -4.74. The van der Waals surface area contributed by atoms with Crippen LogP contribution in [0.3, 0.4) is 0 Å². The molecule has 4 heteroatoms. The highest BCUT2D eigenvalue weighted by molar-refractivity contribution is 6.21. The molecule has 9 rings (SSSR count). The Balaban J connectivity index is 1.11. The van der Waals surface area contributed by atoms with Gasteiger partial charge in [-0.05, 0) is 70.3 Å². The first-order valence-corrected chi connectivity index (χ1v) is 16.2. The summed E-state index contributed by atoms with van der Waals surface area (Å²) < 4.78 is 6.35. The standard InChI is InChI=1S/C41H35N3O/c1-3-9-26(10-4-1)27-15-20-31(21-16-27)40-42-39(30-11-5-2-6-12-30)43-41(44-40)32-22-18-28-17-19-29-23-24-36-38(37(29)34(28)25-32)33-13-7-8-14-35(33)45-36/h1-6,8-12,14-20,22-25,31,39-44H,7,13,21H2/p+1. The number of hydrogen-bond donors (Lipinski definition) is 3. The van der Waals surface area contributed by atoms with Crippen molar-refractivity contribution >= 4 is 44.2 Å². The lowest BCUT2D eigenvalue weighted by atomic mass is 9.89. The highest BCUT2D eigenvalue weighted by Gasteiger charge is 2.36. The monoisotopic (exact) mass is 586 g/mol. The third-order valence-electron chi connectivity index (χ3n) is 9.94. The predicted octanol–water partition coefficient (Wildman–Crippen LogP) is 8.14. The zero-order valence-electron chi connectivity index (χ0n) is 25.1. The lowest BCUT2D eigenvalue weighted by Crippen LogP contribution is -3.00. The van der Waals surface area contributed by atoms with Gasteiger partial charge in [-0.15, -0.1) is 0 Å². The van der Waals surface area contributed by atoms with Crippen molar-refractivity contribution in [1.29, 1.82) is 0 Å². The van der Waals surface area contributed by atoms with E-state index in [1.54, 1.807) is 0 Å². The van der Waals surface area contributed by atoms with Crippen molar-refractivity contribution < 1.29 is 9.73 Å². The highest BCUT2D eigenvalue weighted by atomic mass is 16.3. The van der Waals surface area contributed by atoms with E-state index in [1.165, 1.54) is 54.8 Å². The maximum absolute atomic E-state index is 6.35. The fourth-order valence-corrected chi connectivity index (χ4v) is 7.63. The minimum Gasteiger partial charge on any atom is -0.456 e. The predicted molar refractivity (Wildman–Crippen MR) is 184 cm³/mol. The van der Waals surface area contributed by atoms with E-state index in [4.69, 9.17) is 4.42 Å². The van der Waals surface area contributed by atoms with E-state index in [-0.39, 0.29) is 18.5 Å². The van der Waals surface area contributed by atoms with Crippen LogP contribution in [-0.2, 0) is 6.42 Å². The summed E-state index contributed by atoms with van der Waals surface area (Å²) in [4.78, 5) is 0. The lowest BCUT2D eigenvalue weighted by molar-refractivity contribution is -0.753. The molecule has 5 aromatic carbocycles. The van der Waals surface area contributed by atoms with Gasteiger partial charge < -0.3 is 9.73 Å². The number of quaternary nitrogens is 1. The number of fused-ring (bicyclic) bond motifs is 7. The van der Waals surface area contributed by atoms with E-state index in [1.807, 2.05) is 0 Å². The van der Waals surface area contributed by atoms with Crippen LogP contribution in [0.1, 0.15) is 53.2 Å². The van der Waals surface area contributed by atoms with Gasteiger partial charge in [0.2, 0.25) is 0 Å². The van der Waals surface area contributed by atoms with Gasteiger partial charge >= 0.3 is 0 Å². The molecular weight excluding hydrogens is 550 g/mol. The van der Waals surface area contributed by atoms with Crippen LogP contribution in [0.5, 0.6) is 0 Å². The van der Waals surface area contributed by atoms with Gasteiger partial charge in [0.25, 0.3) is 0 Å². The molecule has 0 saturated carbocycles. The molecule has 6 aromatic rings. The smallest absolute Gasteiger partial charge is 0.168 e. The van der Waals surface area contributed by atoms with E-state index in [9.17, 15) is 0 Å². The molecule has 0 spiro atoms. The van der Waals surface area contributed by atoms with Gasteiger partial charge in [-0.2, -0.15) is 0 Å². The van der Waals surface area contributed by atoms with Crippen molar-refractivity contribution in [3.63, 3.8) is 0 Å². The van der Waals surface area contributed by atoms with E-state index >= 15 is 0 Å². The Morgan fingerprint density at radius 3 is 2.38 bits per heavy atom. The third-order valence-corrected chi connectivity index (χ3v) is 9.94. The van der Waals surface area contributed by atoms with Crippen molar-refractivity contribution in [2.45, 2.75) is 37.8 Å². The molecule has 2 heterocycles. The number of furan rings is 1. The summed E-state index contributed by atoms with van der Waals surface area (Å²) in [6.07, 6.45) is 14.9. The van der Waals surface area contributed by atoms with Gasteiger partial charge in [-0.25, -0.2) is 10.6 Å². The molecule has 1 saturated heterocycles. The SMILES string of the molecule is C1=Cc2oc3ccc4ccc5ccc(C6NC(c7ccccc7)[NH2+]C(C7C=CC(c8ccccc8)=CC7)N6)cc5c4c3c2CC1. The Morgan fingerprint density at radius 2 is 1.53 bits per heavy atom. The van der Waals surface area contributed by atoms with E-state index in [2.05, 4.69) is 149 Å². The summed E-state index contributed by atoms with van der Waals surface area (Å²) in [7, 11) is 0. The number of nitrogens with two attached hydrogens (primary N) is 1. The molecule has 4 nitrogen and oxygen atoms in total. The molecule has 4 N–H and O–H groups in total.